The van der Waals surface area contributed by atoms with E-state index in [1.165, 1.54) is 13.0 Å². The lowest BCUT2D eigenvalue weighted by Crippen LogP contribution is -2.29. The summed E-state index contributed by atoms with van der Waals surface area (Å²) in [5.41, 5.74) is 1.07. The number of anilines is 2. The molecule has 0 saturated carbocycles. The fraction of sp³-hybridized carbons (Fsp3) is 0.583. The zero-order valence-corrected chi connectivity index (χ0v) is 10.1. The van der Waals surface area contributed by atoms with E-state index in [-0.39, 0.29) is 0 Å². The number of nitrogens with one attached hydrogen (secondary N) is 1. The molecule has 0 radical (unpaired) electrons. The largest absolute Gasteiger partial charge is 0.387 e. The topological polar surface area (TPSA) is 31.4 Å². The normalized spacial score (nSPS) is 18.2. The van der Waals surface area contributed by atoms with Gasteiger partial charge < -0.3 is 15.1 Å². The van der Waals surface area contributed by atoms with Gasteiger partial charge in [-0.1, -0.05) is 0 Å². The first-order valence-corrected chi connectivity index (χ1v) is 5.87. The van der Waals surface area contributed by atoms with Gasteiger partial charge in [-0.2, -0.15) is 0 Å². The maximum atomic E-state index is 4.48. The van der Waals surface area contributed by atoms with Crippen LogP contribution in [0.3, 0.4) is 0 Å². The van der Waals surface area contributed by atoms with Gasteiger partial charge in [0.1, 0.15) is 5.82 Å². The Kier molecular flexibility index (Phi) is 3.62. The summed E-state index contributed by atoms with van der Waals surface area (Å²) in [7, 11) is 4.10. The highest BCUT2D eigenvalue weighted by Gasteiger charge is 2.12. The third-order valence-corrected chi connectivity index (χ3v) is 3.08. The number of hydrogen-bond donors (Lipinski definition) is 1. The van der Waals surface area contributed by atoms with Crippen molar-refractivity contribution in [3.05, 3.63) is 18.3 Å². The fourth-order valence-corrected chi connectivity index (χ4v) is 2.00. The fourth-order valence-electron chi connectivity index (χ4n) is 2.00. The molecular weight excluding hydrogens is 200 g/mol. The molecule has 0 spiro atoms. The molecule has 1 fully saturated rings. The third-order valence-electron chi connectivity index (χ3n) is 3.08. The van der Waals surface area contributed by atoms with Crippen molar-refractivity contribution in [1.82, 2.24) is 9.88 Å². The van der Waals surface area contributed by atoms with E-state index in [1.807, 2.05) is 13.2 Å². The molecule has 4 nitrogen and oxygen atoms in total. The van der Waals surface area contributed by atoms with Gasteiger partial charge in [0.15, 0.2) is 0 Å². The maximum absolute atomic E-state index is 4.48. The highest BCUT2D eigenvalue weighted by Crippen LogP contribution is 2.15. The van der Waals surface area contributed by atoms with E-state index in [2.05, 4.69) is 39.3 Å². The van der Waals surface area contributed by atoms with Crippen LogP contribution in [-0.4, -0.2) is 50.2 Å². The zero-order chi connectivity index (χ0) is 11.4. The Morgan fingerprint density at radius 1 is 1.19 bits per heavy atom. The van der Waals surface area contributed by atoms with Crippen LogP contribution in [0.25, 0.3) is 0 Å². The molecule has 1 aliphatic heterocycles. The molecule has 16 heavy (non-hydrogen) atoms. The summed E-state index contributed by atoms with van der Waals surface area (Å²) >= 11 is 0. The van der Waals surface area contributed by atoms with Crippen LogP contribution in [0.2, 0.25) is 0 Å². The van der Waals surface area contributed by atoms with Gasteiger partial charge in [0.05, 0.1) is 11.9 Å². The minimum absolute atomic E-state index is 1.07. The van der Waals surface area contributed by atoms with E-state index in [0.29, 0.717) is 0 Å². The van der Waals surface area contributed by atoms with Crippen molar-refractivity contribution in [2.75, 3.05) is 50.5 Å². The van der Waals surface area contributed by atoms with E-state index in [1.54, 1.807) is 0 Å². The molecule has 1 saturated heterocycles. The van der Waals surface area contributed by atoms with Crippen molar-refractivity contribution >= 4 is 11.5 Å². The van der Waals surface area contributed by atoms with Crippen LogP contribution >= 0.6 is 0 Å². The van der Waals surface area contributed by atoms with E-state index in [0.717, 1.165) is 31.1 Å². The lowest BCUT2D eigenvalue weighted by Gasteiger charge is -2.21. The Hall–Kier alpha value is -1.29. The average Bonchev–Trinajstić information content (AvgIpc) is 2.54. The molecule has 1 aromatic heterocycles. The van der Waals surface area contributed by atoms with Crippen molar-refractivity contribution < 1.29 is 0 Å². The Morgan fingerprint density at radius 2 is 2.06 bits per heavy atom. The zero-order valence-electron chi connectivity index (χ0n) is 10.1. The first-order valence-electron chi connectivity index (χ1n) is 5.87. The Morgan fingerprint density at radius 3 is 2.75 bits per heavy atom. The molecule has 2 rings (SSSR count). The minimum Gasteiger partial charge on any atom is -0.387 e. The molecule has 0 bridgehead atoms. The van der Waals surface area contributed by atoms with E-state index in [9.17, 15) is 0 Å². The smallest absolute Gasteiger partial charge is 0.128 e. The van der Waals surface area contributed by atoms with Gasteiger partial charge in [0.25, 0.3) is 0 Å². The van der Waals surface area contributed by atoms with Crippen molar-refractivity contribution in [3.8, 4) is 0 Å². The average molecular weight is 220 g/mol. The van der Waals surface area contributed by atoms with Crippen molar-refractivity contribution in [3.63, 3.8) is 0 Å². The number of aromatic nitrogens is 1. The van der Waals surface area contributed by atoms with Gasteiger partial charge in [-0.05, 0) is 32.1 Å². The summed E-state index contributed by atoms with van der Waals surface area (Å²) in [6, 6.07) is 4.17. The standard InChI is InChI=1S/C12H20N4/c1-13-11-4-5-12(14-10-11)16-7-3-6-15(2)8-9-16/h4-5,10,13H,3,6-9H2,1-2H3. The lowest BCUT2D eigenvalue weighted by atomic mass is 10.3. The molecule has 1 N–H and O–H groups in total. The molecule has 0 aromatic carbocycles. The second-order valence-electron chi connectivity index (χ2n) is 4.30. The van der Waals surface area contributed by atoms with Gasteiger partial charge in [0.2, 0.25) is 0 Å². The summed E-state index contributed by atoms with van der Waals surface area (Å²) in [5, 5.41) is 3.09. The van der Waals surface area contributed by atoms with Crippen LogP contribution in [0.4, 0.5) is 11.5 Å². The van der Waals surface area contributed by atoms with Crippen LogP contribution in [0, 0.1) is 0 Å². The first kappa shape index (κ1) is 11.2. The molecule has 0 amide bonds. The molecule has 0 atom stereocenters. The summed E-state index contributed by atoms with van der Waals surface area (Å²) in [5.74, 6) is 1.09. The van der Waals surface area contributed by atoms with Crippen LogP contribution < -0.4 is 10.2 Å². The molecule has 0 aliphatic carbocycles. The van der Waals surface area contributed by atoms with Gasteiger partial charge >= 0.3 is 0 Å². The van der Waals surface area contributed by atoms with Gasteiger partial charge in [-0.3, -0.25) is 0 Å². The molecule has 1 aliphatic rings. The highest BCUT2D eigenvalue weighted by molar-refractivity contribution is 5.48. The monoisotopic (exact) mass is 220 g/mol. The molecule has 1 aromatic rings. The van der Waals surface area contributed by atoms with E-state index in [4.69, 9.17) is 0 Å². The summed E-state index contributed by atoms with van der Waals surface area (Å²) < 4.78 is 0. The molecule has 4 heteroatoms. The van der Waals surface area contributed by atoms with E-state index < -0.39 is 0 Å². The Balaban J connectivity index is 2.04. The van der Waals surface area contributed by atoms with Crippen molar-refractivity contribution in [2.45, 2.75) is 6.42 Å². The summed E-state index contributed by atoms with van der Waals surface area (Å²) in [4.78, 5) is 9.23. The van der Waals surface area contributed by atoms with Crippen LogP contribution in [0.1, 0.15) is 6.42 Å². The van der Waals surface area contributed by atoms with Crippen LogP contribution in [0.15, 0.2) is 18.3 Å². The molecule has 2 heterocycles. The summed E-state index contributed by atoms with van der Waals surface area (Å²) in [6.45, 7) is 4.49. The van der Waals surface area contributed by atoms with Gasteiger partial charge in [0, 0.05) is 26.7 Å². The molecular formula is C12H20N4. The maximum Gasteiger partial charge on any atom is 0.128 e. The Labute approximate surface area is 97.3 Å². The number of pyridine rings is 1. The van der Waals surface area contributed by atoms with Crippen LogP contribution in [-0.2, 0) is 0 Å². The minimum atomic E-state index is 1.07. The highest BCUT2D eigenvalue weighted by atomic mass is 15.2. The third kappa shape index (κ3) is 2.64. The number of rotatable bonds is 2. The number of likely N-dealkylation sites (N-methyl/N-ethyl adjacent to an activating group) is 1. The second kappa shape index (κ2) is 5.16. The SMILES string of the molecule is CNc1ccc(N2CCCN(C)CC2)nc1. The molecule has 88 valence electrons. The first-order chi connectivity index (χ1) is 7.79. The number of nitrogens with zero attached hydrogens (tertiary/aromatic N) is 3. The van der Waals surface area contributed by atoms with Gasteiger partial charge in [-0.15, -0.1) is 0 Å². The lowest BCUT2D eigenvalue weighted by molar-refractivity contribution is 0.360. The number of hydrogen-bond acceptors (Lipinski definition) is 4. The van der Waals surface area contributed by atoms with Crippen molar-refractivity contribution in [2.24, 2.45) is 0 Å². The quantitative estimate of drug-likeness (QED) is 0.813. The second-order valence-corrected chi connectivity index (χ2v) is 4.30. The van der Waals surface area contributed by atoms with E-state index >= 15 is 0 Å². The van der Waals surface area contributed by atoms with Crippen molar-refractivity contribution in [1.29, 1.82) is 0 Å². The van der Waals surface area contributed by atoms with Gasteiger partial charge in [-0.25, -0.2) is 4.98 Å². The predicted molar refractivity (Wildman–Crippen MR) is 68.1 cm³/mol. The van der Waals surface area contributed by atoms with Crippen LogP contribution in [0.5, 0.6) is 0 Å². The summed E-state index contributed by atoms with van der Waals surface area (Å²) in [6.07, 6.45) is 3.11. The Bertz CT molecular complexity index is 322. The molecule has 0 unspecified atom stereocenters. The predicted octanol–water partition coefficient (Wildman–Crippen LogP) is 1.27.